The van der Waals surface area contributed by atoms with Crippen molar-refractivity contribution in [2.75, 3.05) is 31.8 Å². The lowest BCUT2D eigenvalue weighted by Gasteiger charge is -2.28. The van der Waals surface area contributed by atoms with Gasteiger partial charge in [-0.05, 0) is 18.1 Å². The summed E-state index contributed by atoms with van der Waals surface area (Å²) < 4.78 is 28.4. The minimum Gasteiger partial charge on any atom is -0.383 e. The number of nitrogens with zero attached hydrogens (tertiary/aromatic N) is 1. The van der Waals surface area contributed by atoms with Crippen molar-refractivity contribution in [1.29, 1.82) is 0 Å². The molecule has 1 atom stereocenters. The van der Waals surface area contributed by atoms with Gasteiger partial charge in [-0.1, -0.05) is 29.8 Å². The lowest BCUT2D eigenvalue weighted by molar-refractivity contribution is -0.133. The third kappa shape index (κ3) is 4.44. The first kappa shape index (κ1) is 17.2. The Labute approximate surface area is 136 Å². The van der Waals surface area contributed by atoms with E-state index in [9.17, 15) is 13.2 Å². The van der Waals surface area contributed by atoms with Gasteiger partial charge in [0.1, 0.15) is 0 Å². The summed E-state index contributed by atoms with van der Waals surface area (Å²) in [6, 6.07) is 6.91. The third-order valence-electron chi connectivity index (χ3n) is 3.81. The van der Waals surface area contributed by atoms with Crippen molar-refractivity contribution in [3.63, 3.8) is 0 Å². The largest absolute Gasteiger partial charge is 0.383 e. The van der Waals surface area contributed by atoms with Crippen molar-refractivity contribution < 1.29 is 17.9 Å². The van der Waals surface area contributed by atoms with Gasteiger partial charge in [0.25, 0.3) is 0 Å². The second kappa shape index (κ2) is 7.44. The molecule has 1 saturated heterocycles. The Morgan fingerprint density at radius 2 is 2.14 bits per heavy atom. The molecule has 0 aromatic heterocycles. The maximum atomic E-state index is 12.6. The summed E-state index contributed by atoms with van der Waals surface area (Å²) in [7, 11) is -1.48. The number of rotatable bonds is 6. The molecule has 22 heavy (non-hydrogen) atoms. The predicted octanol–water partition coefficient (Wildman–Crippen LogP) is 1.54. The topological polar surface area (TPSA) is 63.7 Å². The molecular weight excluding hydrogens is 326 g/mol. The van der Waals surface area contributed by atoms with Crippen LogP contribution < -0.4 is 0 Å². The molecule has 5 nitrogen and oxygen atoms in total. The Hall–Kier alpha value is -1.11. The molecule has 1 aromatic carbocycles. The highest BCUT2D eigenvalue weighted by Gasteiger charge is 2.34. The number of benzene rings is 1. The van der Waals surface area contributed by atoms with Crippen molar-refractivity contribution in [2.45, 2.75) is 18.9 Å². The molecule has 1 aromatic rings. The highest BCUT2D eigenvalue weighted by molar-refractivity contribution is 7.91. The van der Waals surface area contributed by atoms with Crippen LogP contribution in [-0.2, 0) is 25.8 Å². The first-order valence-corrected chi connectivity index (χ1v) is 9.35. The zero-order valence-electron chi connectivity index (χ0n) is 12.5. The number of amides is 1. The minimum absolute atomic E-state index is 0.0327. The maximum absolute atomic E-state index is 12.6. The molecule has 1 aliphatic heterocycles. The number of carbonyl (C=O) groups is 1. The first-order valence-electron chi connectivity index (χ1n) is 7.15. The Morgan fingerprint density at radius 3 is 2.73 bits per heavy atom. The van der Waals surface area contributed by atoms with Crippen LogP contribution in [0.5, 0.6) is 0 Å². The van der Waals surface area contributed by atoms with E-state index in [2.05, 4.69) is 0 Å². The summed E-state index contributed by atoms with van der Waals surface area (Å²) in [5, 5.41) is 0.543. The van der Waals surface area contributed by atoms with Gasteiger partial charge in [0, 0.05) is 24.7 Å². The van der Waals surface area contributed by atoms with Crippen molar-refractivity contribution in [3.05, 3.63) is 34.9 Å². The van der Waals surface area contributed by atoms with Gasteiger partial charge in [-0.15, -0.1) is 0 Å². The van der Waals surface area contributed by atoms with E-state index in [-0.39, 0.29) is 29.9 Å². The van der Waals surface area contributed by atoms with Crippen LogP contribution in [-0.4, -0.2) is 57.0 Å². The standard InChI is InChI=1S/C15H20ClNO4S/c1-21-8-7-17(13-6-9-22(19,20)11-13)15(18)10-12-4-2-3-5-14(12)16/h2-5,13H,6-11H2,1H3. The Balaban J connectivity index is 2.11. The summed E-state index contributed by atoms with van der Waals surface area (Å²) in [6.45, 7) is 0.769. The number of methoxy groups -OCH3 is 1. The van der Waals surface area contributed by atoms with E-state index >= 15 is 0 Å². The first-order chi connectivity index (χ1) is 10.4. The van der Waals surface area contributed by atoms with Gasteiger partial charge < -0.3 is 9.64 Å². The van der Waals surface area contributed by atoms with Crippen LogP contribution in [0.3, 0.4) is 0 Å². The predicted molar refractivity (Wildman–Crippen MR) is 85.8 cm³/mol. The van der Waals surface area contributed by atoms with E-state index in [1.807, 2.05) is 12.1 Å². The molecule has 0 bridgehead atoms. The molecule has 1 unspecified atom stereocenters. The van der Waals surface area contributed by atoms with Crippen LogP contribution in [0.2, 0.25) is 5.02 Å². The molecule has 0 radical (unpaired) electrons. The molecule has 7 heteroatoms. The highest BCUT2D eigenvalue weighted by atomic mass is 35.5. The second-order valence-electron chi connectivity index (χ2n) is 5.40. The molecule has 0 spiro atoms. The molecule has 1 aliphatic rings. The summed E-state index contributed by atoms with van der Waals surface area (Å²) in [5.74, 6) is 0.0538. The summed E-state index contributed by atoms with van der Waals surface area (Å²) in [5.41, 5.74) is 0.748. The number of halogens is 1. The lowest BCUT2D eigenvalue weighted by atomic mass is 10.1. The molecule has 122 valence electrons. The number of carbonyl (C=O) groups excluding carboxylic acids is 1. The highest BCUT2D eigenvalue weighted by Crippen LogP contribution is 2.21. The molecule has 1 amide bonds. The average Bonchev–Trinajstić information content (AvgIpc) is 2.82. The van der Waals surface area contributed by atoms with Gasteiger partial charge in [0.15, 0.2) is 9.84 Å². The number of hydrogen-bond acceptors (Lipinski definition) is 4. The summed E-state index contributed by atoms with van der Waals surface area (Å²) in [4.78, 5) is 14.2. The quantitative estimate of drug-likeness (QED) is 0.784. The Morgan fingerprint density at radius 1 is 1.41 bits per heavy atom. The molecule has 0 saturated carbocycles. The molecule has 0 N–H and O–H groups in total. The van der Waals surface area contributed by atoms with Gasteiger partial charge in [-0.3, -0.25) is 4.79 Å². The normalized spacial score (nSPS) is 20.0. The third-order valence-corrected chi connectivity index (χ3v) is 5.92. The van der Waals surface area contributed by atoms with Crippen LogP contribution in [0.4, 0.5) is 0 Å². The van der Waals surface area contributed by atoms with Gasteiger partial charge >= 0.3 is 0 Å². The average molecular weight is 346 g/mol. The van der Waals surface area contributed by atoms with Gasteiger partial charge in [0.05, 0.1) is 24.5 Å². The van der Waals surface area contributed by atoms with Crippen molar-refractivity contribution >= 4 is 27.3 Å². The van der Waals surface area contributed by atoms with E-state index in [1.54, 1.807) is 24.1 Å². The van der Waals surface area contributed by atoms with Crippen LogP contribution in [0.25, 0.3) is 0 Å². The van der Waals surface area contributed by atoms with E-state index in [1.165, 1.54) is 0 Å². The second-order valence-corrected chi connectivity index (χ2v) is 8.04. The van der Waals surface area contributed by atoms with E-state index in [4.69, 9.17) is 16.3 Å². The number of hydrogen-bond donors (Lipinski definition) is 0. The van der Waals surface area contributed by atoms with E-state index in [0.29, 0.717) is 24.6 Å². The smallest absolute Gasteiger partial charge is 0.227 e. The zero-order valence-corrected chi connectivity index (χ0v) is 14.1. The van der Waals surface area contributed by atoms with Gasteiger partial charge in [-0.25, -0.2) is 8.42 Å². The molecule has 1 fully saturated rings. The van der Waals surface area contributed by atoms with E-state index in [0.717, 1.165) is 5.56 Å². The number of sulfone groups is 1. The van der Waals surface area contributed by atoms with Gasteiger partial charge in [0.2, 0.25) is 5.91 Å². The molecule has 0 aliphatic carbocycles. The van der Waals surface area contributed by atoms with Crippen molar-refractivity contribution in [1.82, 2.24) is 4.90 Å². The molecule has 2 rings (SSSR count). The summed E-state index contributed by atoms with van der Waals surface area (Å²) >= 11 is 6.09. The Bertz CT molecular complexity index is 632. The Kier molecular flexibility index (Phi) is 5.83. The van der Waals surface area contributed by atoms with Crippen LogP contribution in [0.1, 0.15) is 12.0 Å². The summed E-state index contributed by atoms with van der Waals surface area (Å²) in [6.07, 6.45) is 0.653. The van der Waals surface area contributed by atoms with E-state index < -0.39 is 9.84 Å². The fourth-order valence-corrected chi connectivity index (χ4v) is 4.56. The van der Waals surface area contributed by atoms with Crippen LogP contribution in [0.15, 0.2) is 24.3 Å². The molecule has 1 heterocycles. The monoisotopic (exact) mass is 345 g/mol. The molecular formula is C15H20ClNO4S. The zero-order chi connectivity index (χ0) is 16.2. The minimum atomic E-state index is -3.04. The van der Waals surface area contributed by atoms with Crippen molar-refractivity contribution in [2.24, 2.45) is 0 Å². The van der Waals surface area contributed by atoms with Crippen molar-refractivity contribution in [3.8, 4) is 0 Å². The number of ether oxygens (including phenoxy) is 1. The maximum Gasteiger partial charge on any atom is 0.227 e. The van der Waals surface area contributed by atoms with Crippen LogP contribution >= 0.6 is 11.6 Å². The van der Waals surface area contributed by atoms with Gasteiger partial charge in [-0.2, -0.15) is 0 Å². The SMILES string of the molecule is COCCN(C(=O)Cc1ccccc1Cl)C1CCS(=O)(=O)C1. The van der Waals surface area contributed by atoms with Crippen LogP contribution in [0, 0.1) is 0 Å². The fraction of sp³-hybridized carbons (Fsp3) is 0.533. The lowest BCUT2D eigenvalue weighted by Crippen LogP contribution is -2.43. The fourth-order valence-electron chi connectivity index (χ4n) is 2.63.